The standard InChI is InChI=1S/C14H14F3N3O/c1-2-21-10-5-3-9(4-6-10)20-12-7-13(14(15,16)17)19-8-11(12)18/h3-8H,2,18H2,1H3,(H,19,20). The number of alkyl halides is 3. The number of hydrogen-bond acceptors (Lipinski definition) is 4. The number of hydrogen-bond donors (Lipinski definition) is 2. The molecule has 112 valence electrons. The van der Waals surface area contributed by atoms with E-state index in [1.165, 1.54) is 0 Å². The first kappa shape index (κ1) is 15.0. The van der Waals surface area contributed by atoms with Crippen LogP contribution < -0.4 is 15.8 Å². The molecule has 0 saturated heterocycles. The van der Waals surface area contributed by atoms with E-state index >= 15 is 0 Å². The molecule has 4 nitrogen and oxygen atoms in total. The highest BCUT2D eigenvalue weighted by atomic mass is 19.4. The number of anilines is 3. The number of halogens is 3. The molecule has 2 aromatic rings. The van der Waals surface area contributed by atoms with Gasteiger partial charge in [-0.1, -0.05) is 0 Å². The molecule has 1 aromatic heterocycles. The summed E-state index contributed by atoms with van der Waals surface area (Å²) < 4.78 is 43.2. The van der Waals surface area contributed by atoms with Crippen LogP contribution in [0.1, 0.15) is 12.6 Å². The van der Waals surface area contributed by atoms with E-state index in [0.717, 1.165) is 12.3 Å². The number of nitrogen functional groups attached to an aromatic ring is 1. The lowest BCUT2D eigenvalue weighted by Gasteiger charge is -2.12. The molecule has 0 fully saturated rings. The third kappa shape index (κ3) is 3.77. The third-order valence-electron chi connectivity index (χ3n) is 2.67. The van der Waals surface area contributed by atoms with E-state index < -0.39 is 11.9 Å². The number of ether oxygens (including phenoxy) is 1. The van der Waals surface area contributed by atoms with E-state index in [-0.39, 0.29) is 11.4 Å². The van der Waals surface area contributed by atoms with Gasteiger partial charge in [0.25, 0.3) is 0 Å². The lowest BCUT2D eigenvalue weighted by molar-refractivity contribution is -0.141. The molecule has 0 amide bonds. The minimum absolute atomic E-state index is 0.136. The van der Waals surface area contributed by atoms with Crippen LogP contribution in [0.5, 0.6) is 5.75 Å². The number of benzene rings is 1. The number of nitrogens with one attached hydrogen (secondary N) is 1. The van der Waals surface area contributed by atoms with E-state index in [9.17, 15) is 13.2 Å². The minimum Gasteiger partial charge on any atom is -0.494 e. The van der Waals surface area contributed by atoms with Crippen molar-refractivity contribution in [2.75, 3.05) is 17.7 Å². The SMILES string of the molecule is CCOc1ccc(Nc2cc(C(F)(F)F)ncc2N)cc1. The van der Waals surface area contributed by atoms with Gasteiger partial charge >= 0.3 is 6.18 Å². The Morgan fingerprint density at radius 3 is 2.48 bits per heavy atom. The summed E-state index contributed by atoms with van der Waals surface area (Å²) in [6.45, 7) is 2.40. The number of nitrogens with two attached hydrogens (primary N) is 1. The van der Waals surface area contributed by atoms with Gasteiger partial charge in [0, 0.05) is 5.69 Å². The van der Waals surface area contributed by atoms with Gasteiger partial charge in [0.15, 0.2) is 0 Å². The Balaban J connectivity index is 2.22. The molecule has 0 bridgehead atoms. The lowest BCUT2D eigenvalue weighted by atomic mass is 10.2. The van der Waals surface area contributed by atoms with Crippen molar-refractivity contribution in [1.29, 1.82) is 0 Å². The molecule has 3 N–H and O–H groups in total. The Kier molecular flexibility index (Phi) is 4.21. The largest absolute Gasteiger partial charge is 0.494 e. The van der Waals surface area contributed by atoms with Crippen LogP contribution in [0, 0.1) is 0 Å². The van der Waals surface area contributed by atoms with Crippen LogP contribution in [0.4, 0.5) is 30.2 Å². The first-order valence-corrected chi connectivity index (χ1v) is 6.22. The van der Waals surface area contributed by atoms with Crippen LogP contribution in [0.3, 0.4) is 0 Å². The van der Waals surface area contributed by atoms with Crippen molar-refractivity contribution < 1.29 is 17.9 Å². The summed E-state index contributed by atoms with van der Waals surface area (Å²) >= 11 is 0. The molecule has 0 radical (unpaired) electrons. The maximum Gasteiger partial charge on any atom is 0.433 e. The topological polar surface area (TPSA) is 60.2 Å². The number of nitrogens with zero attached hydrogens (tertiary/aromatic N) is 1. The summed E-state index contributed by atoms with van der Waals surface area (Å²) in [6, 6.07) is 7.70. The maximum atomic E-state index is 12.6. The van der Waals surface area contributed by atoms with Gasteiger partial charge in [-0.25, -0.2) is 4.98 Å². The molecule has 0 atom stereocenters. The van der Waals surface area contributed by atoms with E-state index in [1.54, 1.807) is 24.3 Å². The highest BCUT2D eigenvalue weighted by Crippen LogP contribution is 2.32. The summed E-state index contributed by atoms with van der Waals surface area (Å²) in [5, 5.41) is 2.83. The van der Waals surface area contributed by atoms with Gasteiger partial charge in [0.05, 0.1) is 24.2 Å². The van der Waals surface area contributed by atoms with Crippen molar-refractivity contribution in [2.45, 2.75) is 13.1 Å². The van der Waals surface area contributed by atoms with E-state index in [2.05, 4.69) is 10.3 Å². The smallest absolute Gasteiger partial charge is 0.433 e. The second kappa shape index (κ2) is 5.90. The molecular formula is C14H14F3N3O. The molecule has 21 heavy (non-hydrogen) atoms. The molecule has 0 unspecified atom stereocenters. The first-order chi connectivity index (χ1) is 9.90. The number of rotatable bonds is 4. The lowest BCUT2D eigenvalue weighted by Crippen LogP contribution is -2.09. The van der Waals surface area contributed by atoms with Crippen molar-refractivity contribution in [1.82, 2.24) is 4.98 Å². The fourth-order valence-electron chi connectivity index (χ4n) is 1.69. The molecule has 0 aliphatic heterocycles. The monoisotopic (exact) mass is 297 g/mol. The maximum absolute atomic E-state index is 12.6. The highest BCUT2D eigenvalue weighted by molar-refractivity contribution is 5.72. The fourth-order valence-corrected chi connectivity index (χ4v) is 1.69. The molecule has 0 aliphatic rings. The van der Waals surface area contributed by atoms with Crippen molar-refractivity contribution in [2.24, 2.45) is 0 Å². The second-order valence-electron chi connectivity index (χ2n) is 4.24. The molecule has 1 aromatic carbocycles. The number of pyridine rings is 1. The van der Waals surface area contributed by atoms with Crippen LogP contribution in [-0.4, -0.2) is 11.6 Å². The molecule has 7 heteroatoms. The fraction of sp³-hybridized carbons (Fsp3) is 0.214. The summed E-state index contributed by atoms with van der Waals surface area (Å²) in [5.74, 6) is 0.682. The summed E-state index contributed by atoms with van der Waals surface area (Å²) in [6.07, 6.45) is -3.53. The predicted molar refractivity (Wildman–Crippen MR) is 74.5 cm³/mol. The van der Waals surface area contributed by atoms with Gasteiger partial charge in [-0.3, -0.25) is 0 Å². The summed E-state index contributed by atoms with van der Waals surface area (Å²) in [7, 11) is 0. The van der Waals surface area contributed by atoms with Gasteiger partial charge in [0.1, 0.15) is 11.4 Å². The van der Waals surface area contributed by atoms with Crippen LogP contribution in [0.25, 0.3) is 0 Å². The zero-order chi connectivity index (χ0) is 15.5. The van der Waals surface area contributed by atoms with Crippen LogP contribution in [0.2, 0.25) is 0 Å². The molecular weight excluding hydrogens is 283 g/mol. The van der Waals surface area contributed by atoms with Crippen LogP contribution >= 0.6 is 0 Å². The Morgan fingerprint density at radius 2 is 1.90 bits per heavy atom. The normalized spacial score (nSPS) is 11.2. The zero-order valence-corrected chi connectivity index (χ0v) is 11.2. The van der Waals surface area contributed by atoms with Gasteiger partial charge in [-0.2, -0.15) is 13.2 Å². The van der Waals surface area contributed by atoms with Crippen molar-refractivity contribution in [3.63, 3.8) is 0 Å². The van der Waals surface area contributed by atoms with Crippen molar-refractivity contribution >= 4 is 17.1 Å². The molecule has 1 heterocycles. The molecule has 0 saturated carbocycles. The van der Waals surface area contributed by atoms with Gasteiger partial charge in [-0.05, 0) is 37.3 Å². The summed E-state index contributed by atoms with van der Waals surface area (Å²) in [4.78, 5) is 3.28. The van der Waals surface area contributed by atoms with Crippen LogP contribution in [-0.2, 0) is 6.18 Å². The Bertz CT molecular complexity index is 612. The van der Waals surface area contributed by atoms with Gasteiger partial charge in [0.2, 0.25) is 0 Å². The average molecular weight is 297 g/mol. The van der Waals surface area contributed by atoms with Crippen molar-refractivity contribution in [3.8, 4) is 5.75 Å². The molecule has 0 spiro atoms. The Morgan fingerprint density at radius 1 is 1.24 bits per heavy atom. The van der Waals surface area contributed by atoms with Crippen molar-refractivity contribution in [3.05, 3.63) is 42.2 Å². The predicted octanol–water partition coefficient (Wildman–Crippen LogP) is 3.82. The Labute approximate surface area is 119 Å². The molecule has 2 rings (SSSR count). The van der Waals surface area contributed by atoms with E-state index in [1.807, 2.05) is 6.92 Å². The number of aromatic nitrogens is 1. The second-order valence-corrected chi connectivity index (χ2v) is 4.24. The van der Waals surface area contributed by atoms with E-state index in [0.29, 0.717) is 18.0 Å². The minimum atomic E-state index is -4.51. The highest BCUT2D eigenvalue weighted by Gasteiger charge is 2.32. The zero-order valence-electron chi connectivity index (χ0n) is 11.2. The quantitative estimate of drug-likeness (QED) is 0.900. The van der Waals surface area contributed by atoms with Crippen LogP contribution in [0.15, 0.2) is 36.5 Å². The summed E-state index contributed by atoms with van der Waals surface area (Å²) in [5.41, 5.74) is 5.54. The van der Waals surface area contributed by atoms with Gasteiger partial charge < -0.3 is 15.8 Å². The Hall–Kier alpha value is -2.44. The third-order valence-corrected chi connectivity index (χ3v) is 2.67. The average Bonchev–Trinajstić information content (AvgIpc) is 2.42. The molecule has 0 aliphatic carbocycles. The first-order valence-electron chi connectivity index (χ1n) is 6.22. The van der Waals surface area contributed by atoms with Gasteiger partial charge in [-0.15, -0.1) is 0 Å². The van der Waals surface area contributed by atoms with E-state index in [4.69, 9.17) is 10.5 Å².